The molecule has 3 N–H and O–H groups in total. The van der Waals surface area contributed by atoms with Crippen LogP contribution in [0.5, 0.6) is 0 Å². The molecule has 0 amide bonds. The highest BCUT2D eigenvalue weighted by atomic mass is 32.2. The topological polar surface area (TPSA) is 110 Å². The fourth-order valence-electron chi connectivity index (χ4n) is 2.60. The number of primary sulfonamides is 1. The molecule has 0 bridgehead atoms. The number of rotatable bonds is 7. The summed E-state index contributed by atoms with van der Waals surface area (Å²) >= 11 is 0. The van der Waals surface area contributed by atoms with Crippen LogP contribution in [0.1, 0.15) is 11.6 Å². The van der Waals surface area contributed by atoms with E-state index in [-0.39, 0.29) is 27.3 Å². The molecule has 0 saturated heterocycles. The molecule has 0 fully saturated rings. The number of nitrogens with zero attached hydrogens (tertiary/aromatic N) is 1. The molecule has 0 unspecified atom stereocenters. The van der Waals surface area contributed by atoms with Gasteiger partial charge in [-0.15, -0.1) is 0 Å². The highest BCUT2D eigenvalue weighted by molar-refractivity contribution is 7.91. The molecule has 0 spiro atoms. The minimum atomic E-state index is -4.14. The van der Waals surface area contributed by atoms with E-state index >= 15 is 0 Å². The van der Waals surface area contributed by atoms with Crippen LogP contribution >= 0.6 is 0 Å². The van der Waals surface area contributed by atoms with E-state index in [9.17, 15) is 21.2 Å². The van der Waals surface area contributed by atoms with Gasteiger partial charge in [0.15, 0.2) is 9.84 Å². The molecule has 2 aromatic rings. The van der Waals surface area contributed by atoms with Crippen molar-refractivity contribution in [1.82, 2.24) is 4.90 Å². The Kier molecular flexibility index (Phi) is 6.25. The Labute approximate surface area is 159 Å². The maximum atomic E-state index is 13.2. The second-order valence-corrected chi connectivity index (χ2v) is 9.93. The van der Waals surface area contributed by atoms with E-state index in [1.54, 1.807) is 12.1 Å². The standard InChI is InChI=1S/C17H22FN3O4S2/c1-21(2)16(12-4-6-13(18)7-5-12)11-20-15-9-8-14(26(3,22)23)10-17(15)27(19,24)25/h4-10,16,20H,11H2,1-3H3,(H2,19,24,25)/t16-/m1/s1. The second-order valence-electron chi connectivity index (χ2n) is 6.39. The Morgan fingerprint density at radius 2 is 1.67 bits per heavy atom. The molecule has 7 nitrogen and oxygen atoms in total. The molecule has 0 radical (unpaired) electrons. The molecule has 2 aromatic carbocycles. The number of nitrogens with one attached hydrogen (secondary N) is 1. The molecule has 0 aromatic heterocycles. The number of benzene rings is 2. The average Bonchev–Trinajstić information content (AvgIpc) is 2.54. The third-order valence-electron chi connectivity index (χ3n) is 4.05. The number of sulfone groups is 1. The van der Waals surface area contributed by atoms with E-state index < -0.39 is 19.9 Å². The van der Waals surface area contributed by atoms with Crippen molar-refractivity contribution in [2.24, 2.45) is 5.14 Å². The Bertz CT molecular complexity index is 1020. The lowest BCUT2D eigenvalue weighted by molar-refractivity contribution is 0.311. The third kappa shape index (κ3) is 5.48. The van der Waals surface area contributed by atoms with Crippen molar-refractivity contribution in [2.45, 2.75) is 15.8 Å². The summed E-state index contributed by atoms with van der Waals surface area (Å²) in [5.41, 5.74) is 1.03. The monoisotopic (exact) mass is 415 g/mol. The van der Waals surface area contributed by atoms with Crippen molar-refractivity contribution in [3.05, 3.63) is 53.8 Å². The molecule has 0 heterocycles. The molecule has 0 aliphatic heterocycles. The summed E-state index contributed by atoms with van der Waals surface area (Å²) in [7, 11) is -4.06. The molecule has 148 valence electrons. The van der Waals surface area contributed by atoms with Gasteiger partial charge < -0.3 is 10.2 Å². The largest absolute Gasteiger partial charge is 0.382 e. The van der Waals surface area contributed by atoms with Gasteiger partial charge >= 0.3 is 0 Å². The molecule has 27 heavy (non-hydrogen) atoms. The van der Waals surface area contributed by atoms with Gasteiger partial charge in [-0.2, -0.15) is 0 Å². The first-order chi connectivity index (χ1) is 12.4. The number of halogens is 1. The maximum absolute atomic E-state index is 13.2. The van der Waals surface area contributed by atoms with Crippen molar-refractivity contribution >= 4 is 25.5 Å². The zero-order valence-electron chi connectivity index (χ0n) is 15.2. The highest BCUT2D eigenvalue weighted by Crippen LogP contribution is 2.26. The lowest BCUT2D eigenvalue weighted by Crippen LogP contribution is -2.27. The van der Waals surface area contributed by atoms with Crippen molar-refractivity contribution in [3.63, 3.8) is 0 Å². The van der Waals surface area contributed by atoms with Crippen LogP contribution in [0, 0.1) is 5.82 Å². The second kappa shape index (κ2) is 7.93. The van der Waals surface area contributed by atoms with E-state index in [1.165, 1.54) is 24.3 Å². The number of nitrogens with two attached hydrogens (primary N) is 1. The summed E-state index contributed by atoms with van der Waals surface area (Å²) in [5, 5.41) is 8.25. The molecule has 0 saturated carbocycles. The molecule has 0 aliphatic rings. The summed E-state index contributed by atoms with van der Waals surface area (Å²) in [4.78, 5) is 1.45. The van der Waals surface area contributed by atoms with Crippen LogP contribution in [0.3, 0.4) is 0 Å². The number of likely N-dealkylation sites (N-methyl/N-ethyl adjacent to an activating group) is 1. The lowest BCUT2D eigenvalue weighted by Gasteiger charge is -2.26. The van der Waals surface area contributed by atoms with Crippen LogP contribution in [-0.4, -0.2) is 48.6 Å². The van der Waals surface area contributed by atoms with Gasteiger partial charge in [-0.25, -0.2) is 26.4 Å². The smallest absolute Gasteiger partial charge is 0.240 e. The van der Waals surface area contributed by atoms with Gasteiger partial charge in [-0.3, -0.25) is 0 Å². The summed E-state index contributed by atoms with van der Waals surface area (Å²) in [6, 6.07) is 9.53. The highest BCUT2D eigenvalue weighted by Gasteiger charge is 2.20. The normalized spacial score (nSPS) is 13.6. The Morgan fingerprint density at radius 3 is 2.15 bits per heavy atom. The Morgan fingerprint density at radius 1 is 1.07 bits per heavy atom. The van der Waals surface area contributed by atoms with Crippen LogP contribution in [-0.2, 0) is 19.9 Å². The van der Waals surface area contributed by atoms with Crippen LogP contribution in [0.25, 0.3) is 0 Å². The quantitative estimate of drug-likeness (QED) is 0.711. The van der Waals surface area contributed by atoms with Gasteiger partial charge in [0.25, 0.3) is 0 Å². The number of hydrogen-bond acceptors (Lipinski definition) is 6. The number of hydrogen-bond donors (Lipinski definition) is 2. The predicted octanol–water partition coefficient (Wildman–Crippen LogP) is 1.59. The van der Waals surface area contributed by atoms with Crippen molar-refractivity contribution < 1.29 is 21.2 Å². The summed E-state index contributed by atoms with van der Waals surface area (Å²) in [6.07, 6.45) is 0.985. The molecule has 2 rings (SSSR count). The average molecular weight is 416 g/mol. The van der Waals surface area contributed by atoms with Gasteiger partial charge in [0.1, 0.15) is 10.7 Å². The van der Waals surface area contributed by atoms with Crippen LogP contribution in [0.2, 0.25) is 0 Å². The molecular weight excluding hydrogens is 393 g/mol. The van der Waals surface area contributed by atoms with Crippen molar-refractivity contribution in [3.8, 4) is 0 Å². The fourth-order valence-corrected chi connectivity index (χ4v) is 4.06. The first-order valence-corrected chi connectivity index (χ1v) is 11.4. The number of sulfonamides is 1. The third-order valence-corrected chi connectivity index (χ3v) is 6.11. The SMILES string of the molecule is CN(C)[C@H](CNc1ccc(S(C)(=O)=O)cc1S(N)(=O)=O)c1ccc(F)cc1. The van der Waals surface area contributed by atoms with Gasteiger partial charge in [-0.05, 0) is 50.0 Å². The molecule has 1 atom stereocenters. The minimum Gasteiger partial charge on any atom is -0.382 e. The molecule has 10 heteroatoms. The first kappa shape index (κ1) is 21.3. The van der Waals surface area contributed by atoms with Gasteiger partial charge in [0, 0.05) is 12.8 Å². The fraction of sp³-hybridized carbons (Fsp3) is 0.294. The van der Waals surface area contributed by atoms with Crippen LogP contribution < -0.4 is 10.5 Å². The first-order valence-electron chi connectivity index (χ1n) is 7.92. The van der Waals surface area contributed by atoms with Gasteiger partial charge in [0.2, 0.25) is 10.0 Å². The van der Waals surface area contributed by atoms with Gasteiger partial charge in [-0.1, -0.05) is 12.1 Å². The predicted molar refractivity (Wildman–Crippen MR) is 102 cm³/mol. The van der Waals surface area contributed by atoms with E-state index in [0.29, 0.717) is 6.54 Å². The van der Waals surface area contributed by atoms with E-state index in [1.807, 2.05) is 19.0 Å². The van der Waals surface area contributed by atoms with Crippen molar-refractivity contribution in [2.75, 3.05) is 32.2 Å². The van der Waals surface area contributed by atoms with Crippen molar-refractivity contribution in [1.29, 1.82) is 0 Å². The Balaban J connectivity index is 2.36. The zero-order chi connectivity index (χ0) is 20.4. The van der Waals surface area contributed by atoms with Crippen LogP contribution in [0.15, 0.2) is 52.3 Å². The van der Waals surface area contributed by atoms with E-state index in [4.69, 9.17) is 5.14 Å². The van der Waals surface area contributed by atoms with E-state index in [0.717, 1.165) is 17.9 Å². The molecular formula is C17H22FN3O4S2. The summed E-state index contributed by atoms with van der Waals surface area (Å²) < 4.78 is 60.4. The zero-order valence-corrected chi connectivity index (χ0v) is 16.8. The summed E-state index contributed by atoms with van der Waals surface area (Å²) in [6.45, 7) is 0.291. The van der Waals surface area contributed by atoms with Gasteiger partial charge in [0.05, 0.1) is 16.6 Å². The van der Waals surface area contributed by atoms with E-state index in [2.05, 4.69) is 5.32 Å². The minimum absolute atomic E-state index is 0.139. The lowest BCUT2D eigenvalue weighted by atomic mass is 10.1. The van der Waals surface area contributed by atoms with Crippen LogP contribution in [0.4, 0.5) is 10.1 Å². The molecule has 0 aliphatic carbocycles. The maximum Gasteiger partial charge on any atom is 0.240 e. The summed E-state index contributed by atoms with van der Waals surface area (Å²) in [5.74, 6) is -0.350. The number of anilines is 1. The Hall–Kier alpha value is -2.01.